The van der Waals surface area contributed by atoms with Gasteiger partial charge in [-0.25, -0.2) is 0 Å². The first-order valence-corrected chi connectivity index (χ1v) is 4.22. The van der Waals surface area contributed by atoms with Crippen LogP contribution in [0.25, 0.3) is 0 Å². The number of nitrogens with zero attached hydrogens (tertiary/aromatic N) is 2. The summed E-state index contributed by atoms with van der Waals surface area (Å²) in [7, 11) is 0. The summed E-state index contributed by atoms with van der Waals surface area (Å²) in [6.45, 7) is 0. The lowest BCUT2D eigenvalue weighted by molar-refractivity contribution is -0.396. The van der Waals surface area contributed by atoms with Crippen molar-refractivity contribution in [2.24, 2.45) is 0 Å². The van der Waals surface area contributed by atoms with Crippen LogP contribution in [0.15, 0.2) is 12.1 Å². The fourth-order valence-corrected chi connectivity index (χ4v) is 1.30. The Morgan fingerprint density at radius 2 is 1.53 bits per heavy atom. The van der Waals surface area contributed by atoms with Gasteiger partial charge < -0.3 is 0 Å². The van der Waals surface area contributed by atoms with Gasteiger partial charge in [0.15, 0.2) is 0 Å². The highest BCUT2D eigenvalue weighted by Gasteiger charge is 2.40. The molecule has 92 valence electrons. The van der Waals surface area contributed by atoms with Crippen LogP contribution in [-0.4, -0.2) is 9.85 Å². The molecule has 17 heavy (non-hydrogen) atoms. The zero-order valence-corrected chi connectivity index (χ0v) is 8.45. The topological polar surface area (TPSA) is 86.3 Å². The summed E-state index contributed by atoms with van der Waals surface area (Å²) in [6.07, 6.45) is -5.01. The Morgan fingerprint density at radius 1 is 1.06 bits per heavy atom. The van der Waals surface area contributed by atoms with E-state index in [4.69, 9.17) is 11.6 Å². The number of halogens is 4. The number of hydrogen-bond donors (Lipinski definition) is 0. The molecule has 0 saturated heterocycles. The predicted octanol–water partition coefficient (Wildman–Crippen LogP) is 3.18. The van der Waals surface area contributed by atoms with Crippen molar-refractivity contribution in [2.45, 2.75) is 6.18 Å². The van der Waals surface area contributed by atoms with E-state index in [0.717, 1.165) is 0 Å². The second-order valence-electron chi connectivity index (χ2n) is 2.83. The molecule has 10 heteroatoms. The lowest BCUT2D eigenvalue weighted by Gasteiger charge is -2.07. The molecule has 0 heterocycles. The molecule has 1 rings (SSSR count). The smallest absolute Gasteiger partial charge is 0.258 e. The summed E-state index contributed by atoms with van der Waals surface area (Å²) in [5.41, 5.74) is -3.99. The van der Waals surface area contributed by atoms with Crippen LogP contribution in [0.1, 0.15) is 5.56 Å². The highest BCUT2D eigenvalue weighted by atomic mass is 35.5. The molecule has 0 atom stereocenters. The monoisotopic (exact) mass is 270 g/mol. The number of nitro benzene ring substituents is 2. The average Bonchev–Trinajstić information content (AvgIpc) is 2.14. The van der Waals surface area contributed by atoms with E-state index in [9.17, 15) is 33.4 Å². The van der Waals surface area contributed by atoms with E-state index in [2.05, 4.69) is 0 Å². The predicted molar refractivity (Wildman–Crippen MR) is 49.8 cm³/mol. The average molecular weight is 271 g/mol. The highest BCUT2D eigenvalue weighted by molar-refractivity contribution is 6.32. The van der Waals surface area contributed by atoms with Gasteiger partial charge in [-0.1, -0.05) is 11.6 Å². The second-order valence-corrected chi connectivity index (χ2v) is 3.24. The SMILES string of the molecule is O=[N+]([O-])c1cc([N+](=O)[O-])c(C(F)(F)F)cc1Cl. The molecule has 0 aliphatic heterocycles. The number of rotatable bonds is 2. The minimum Gasteiger partial charge on any atom is -0.258 e. The van der Waals surface area contributed by atoms with Crippen molar-refractivity contribution in [3.8, 4) is 0 Å². The zero-order chi connectivity index (χ0) is 13.4. The molecule has 0 radical (unpaired) electrons. The molecule has 0 bridgehead atoms. The molecule has 0 unspecified atom stereocenters. The van der Waals surface area contributed by atoms with Gasteiger partial charge in [-0.15, -0.1) is 0 Å². The normalized spacial score (nSPS) is 11.3. The van der Waals surface area contributed by atoms with Gasteiger partial charge in [-0.2, -0.15) is 13.2 Å². The molecule has 0 aliphatic rings. The van der Waals surface area contributed by atoms with Crippen LogP contribution >= 0.6 is 11.6 Å². The maximum absolute atomic E-state index is 12.4. The van der Waals surface area contributed by atoms with Gasteiger partial charge in [-0.05, 0) is 6.07 Å². The Hall–Kier alpha value is -1.90. The largest absolute Gasteiger partial charge is 0.423 e. The van der Waals surface area contributed by atoms with E-state index in [0.29, 0.717) is 0 Å². The highest BCUT2D eigenvalue weighted by Crippen LogP contribution is 2.41. The lowest BCUT2D eigenvalue weighted by Crippen LogP contribution is -2.09. The third-order valence-corrected chi connectivity index (χ3v) is 2.07. The van der Waals surface area contributed by atoms with Gasteiger partial charge in [0.2, 0.25) is 0 Å². The Bertz CT molecular complexity index is 503. The molecule has 0 amide bonds. The summed E-state index contributed by atoms with van der Waals surface area (Å²) in [4.78, 5) is 18.3. The van der Waals surface area contributed by atoms with E-state index in [1.807, 2.05) is 0 Å². The fourth-order valence-electron chi connectivity index (χ4n) is 1.07. The van der Waals surface area contributed by atoms with E-state index in [1.54, 1.807) is 0 Å². The van der Waals surface area contributed by atoms with Crippen molar-refractivity contribution in [1.29, 1.82) is 0 Å². The fraction of sp³-hybridized carbons (Fsp3) is 0.143. The summed E-state index contributed by atoms with van der Waals surface area (Å²) >= 11 is 5.24. The van der Waals surface area contributed by atoms with Crippen LogP contribution < -0.4 is 0 Å². The number of alkyl halides is 3. The van der Waals surface area contributed by atoms with Gasteiger partial charge >= 0.3 is 6.18 Å². The van der Waals surface area contributed by atoms with Crippen molar-refractivity contribution in [2.75, 3.05) is 0 Å². The van der Waals surface area contributed by atoms with Crippen LogP contribution in [-0.2, 0) is 6.18 Å². The first kappa shape index (κ1) is 13.2. The third-order valence-electron chi connectivity index (χ3n) is 1.76. The van der Waals surface area contributed by atoms with Gasteiger partial charge in [0.1, 0.15) is 10.6 Å². The van der Waals surface area contributed by atoms with Crippen molar-refractivity contribution in [3.63, 3.8) is 0 Å². The first-order chi connectivity index (χ1) is 7.64. The zero-order valence-electron chi connectivity index (χ0n) is 7.69. The van der Waals surface area contributed by atoms with E-state index < -0.39 is 38.0 Å². The number of benzene rings is 1. The molecule has 1 aromatic carbocycles. The molecule has 0 aromatic heterocycles. The van der Waals surface area contributed by atoms with Crippen LogP contribution in [0.2, 0.25) is 5.02 Å². The Kier molecular flexibility index (Phi) is 3.23. The van der Waals surface area contributed by atoms with Crippen LogP contribution in [0, 0.1) is 20.2 Å². The molecular weight excluding hydrogens is 269 g/mol. The van der Waals surface area contributed by atoms with Gasteiger partial charge in [0, 0.05) is 0 Å². The molecule has 0 aliphatic carbocycles. The molecule has 0 saturated carbocycles. The Balaban J connectivity index is 3.58. The molecule has 0 N–H and O–H groups in total. The van der Waals surface area contributed by atoms with Gasteiger partial charge in [0.25, 0.3) is 11.4 Å². The van der Waals surface area contributed by atoms with Crippen LogP contribution in [0.3, 0.4) is 0 Å². The molecular formula is C7H2ClF3N2O4. The molecule has 0 spiro atoms. The molecule has 0 fully saturated rings. The van der Waals surface area contributed by atoms with E-state index in [1.165, 1.54) is 0 Å². The first-order valence-electron chi connectivity index (χ1n) is 3.84. The number of nitro groups is 2. The van der Waals surface area contributed by atoms with E-state index in [-0.39, 0.29) is 12.1 Å². The van der Waals surface area contributed by atoms with Crippen LogP contribution in [0.5, 0.6) is 0 Å². The third kappa shape index (κ3) is 2.61. The van der Waals surface area contributed by atoms with Crippen molar-refractivity contribution >= 4 is 23.0 Å². The molecule has 1 aromatic rings. The Morgan fingerprint density at radius 3 is 1.88 bits per heavy atom. The van der Waals surface area contributed by atoms with Crippen molar-refractivity contribution in [1.82, 2.24) is 0 Å². The quantitative estimate of drug-likeness (QED) is 0.610. The van der Waals surface area contributed by atoms with Crippen molar-refractivity contribution in [3.05, 3.63) is 42.9 Å². The summed E-state index contributed by atoms with van der Waals surface area (Å²) in [6, 6.07) is 0.350. The van der Waals surface area contributed by atoms with Gasteiger partial charge in [-0.3, -0.25) is 20.2 Å². The Labute approximate surface area is 95.9 Å². The van der Waals surface area contributed by atoms with Crippen LogP contribution in [0.4, 0.5) is 24.5 Å². The maximum Gasteiger partial charge on any atom is 0.423 e. The lowest BCUT2D eigenvalue weighted by atomic mass is 10.1. The van der Waals surface area contributed by atoms with Crippen molar-refractivity contribution < 1.29 is 23.0 Å². The van der Waals surface area contributed by atoms with E-state index >= 15 is 0 Å². The summed E-state index contributed by atoms with van der Waals surface area (Å²) in [5.74, 6) is 0. The van der Waals surface area contributed by atoms with Gasteiger partial charge in [0.05, 0.1) is 15.9 Å². The minimum atomic E-state index is -5.01. The standard InChI is InChI=1S/C7H2ClF3N2O4/c8-4-1-3(7(9,10)11)5(12(14)15)2-6(4)13(16)17/h1-2H. The second kappa shape index (κ2) is 4.17. The summed E-state index contributed by atoms with van der Waals surface area (Å²) < 4.78 is 37.2. The maximum atomic E-state index is 12.4. The minimum absolute atomic E-state index is 0.165. The number of hydrogen-bond acceptors (Lipinski definition) is 4. The summed E-state index contributed by atoms with van der Waals surface area (Å²) in [5, 5.41) is 20.0. The molecule has 6 nitrogen and oxygen atoms in total.